The van der Waals surface area contributed by atoms with Crippen molar-refractivity contribution in [3.8, 4) is 0 Å². The molecule has 0 amide bonds. The SMILES string of the molecule is O=P(O)(O)CP(=O)(O)OC[C@H]1O[C@@H](c2cnc3c(N4CCc5ccccc5C4)cc(Cl)nn23)[C@H](O)[C@@H]1O. The molecule has 1 fully saturated rings. The number of imidazole rings is 1. The number of nitrogens with zero attached hydrogens (tertiary/aromatic N) is 4. The highest BCUT2D eigenvalue weighted by Gasteiger charge is 2.46. The summed E-state index contributed by atoms with van der Waals surface area (Å²) in [7, 11) is -9.49. The maximum atomic E-state index is 12.0. The van der Waals surface area contributed by atoms with Gasteiger partial charge in [-0.05, 0) is 17.5 Å². The lowest BCUT2D eigenvalue weighted by Crippen LogP contribution is -2.33. The molecular weight excluding hydrogens is 550 g/mol. The van der Waals surface area contributed by atoms with Crippen molar-refractivity contribution in [1.82, 2.24) is 14.6 Å². The van der Waals surface area contributed by atoms with E-state index in [1.54, 1.807) is 6.07 Å². The molecule has 2 aliphatic heterocycles. The molecule has 200 valence electrons. The van der Waals surface area contributed by atoms with E-state index in [9.17, 15) is 24.2 Å². The number of ether oxygens (including phenoxy) is 1. The van der Waals surface area contributed by atoms with Crippen molar-refractivity contribution in [2.45, 2.75) is 37.4 Å². The van der Waals surface area contributed by atoms with Gasteiger partial charge in [0.15, 0.2) is 16.7 Å². The van der Waals surface area contributed by atoms with Crippen LogP contribution in [0.4, 0.5) is 5.69 Å². The standard InChI is InChI=1S/C21H25ClN4O9P2/c22-17-7-14(25-6-5-12-3-1-2-4-13(12)9-25)21-23-8-15(26(21)24-17)20-19(28)18(27)16(35-20)10-34-37(32,33)11-36(29,30)31/h1-4,7-8,16,18-20,27-28H,5-6,9-11H2,(H,32,33)(H2,29,30,31)/t16-,18-,19-,20+/m1/s1. The molecule has 1 unspecified atom stereocenters. The summed E-state index contributed by atoms with van der Waals surface area (Å²) in [5, 5.41) is 25.6. The van der Waals surface area contributed by atoms with Crippen LogP contribution in [0.15, 0.2) is 36.5 Å². The minimum absolute atomic E-state index is 0.173. The Bertz CT molecular complexity index is 1420. The smallest absolute Gasteiger partial charge is 0.340 e. The summed E-state index contributed by atoms with van der Waals surface area (Å²) in [6, 6.07) is 9.86. The first-order valence-electron chi connectivity index (χ1n) is 11.3. The zero-order chi connectivity index (χ0) is 26.5. The fourth-order valence-electron chi connectivity index (χ4n) is 4.66. The second kappa shape index (κ2) is 10.0. The molecule has 13 nitrogen and oxygen atoms in total. The summed E-state index contributed by atoms with van der Waals surface area (Å²) in [6.07, 6.45) is -3.12. The van der Waals surface area contributed by atoms with Crippen LogP contribution in [-0.4, -0.2) is 76.9 Å². The van der Waals surface area contributed by atoms with Gasteiger partial charge >= 0.3 is 15.2 Å². The fraction of sp³-hybridized carbons (Fsp3) is 0.429. The van der Waals surface area contributed by atoms with Gasteiger partial charge in [-0.25, -0.2) is 9.50 Å². The highest BCUT2D eigenvalue weighted by Crippen LogP contribution is 2.55. The van der Waals surface area contributed by atoms with Gasteiger partial charge in [0.2, 0.25) is 0 Å². The second-order valence-corrected chi connectivity index (χ2v) is 13.4. The molecule has 0 aliphatic carbocycles. The number of aliphatic hydroxyl groups excluding tert-OH is 2. The fourth-order valence-corrected chi connectivity index (χ4v) is 7.41. The third-order valence-corrected chi connectivity index (χ3v) is 10.0. The van der Waals surface area contributed by atoms with E-state index in [1.807, 2.05) is 12.1 Å². The topological polar surface area (TPSA) is 187 Å². The van der Waals surface area contributed by atoms with E-state index in [4.69, 9.17) is 30.6 Å². The van der Waals surface area contributed by atoms with Gasteiger partial charge < -0.3 is 39.1 Å². The van der Waals surface area contributed by atoms with Crippen LogP contribution in [0.1, 0.15) is 22.9 Å². The highest BCUT2D eigenvalue weighted by atomic mass is 35.5. The summed E-state index contributed by atoms with van der Waals surface area (Å²) in [5.41, 5.74) is 3.94. The van der Waals surface area contributed by atoms with Gasteiger partial charge in [0.25, 0.3) is 0 Å². The molecule has 1 aromatic carbocycles. The van der Waals surface area contributed by atoms with Crippen molar-refractivity contribution in [3.05, 3.63) is 58.5 Å². The van der Waals surface area contributed by atoms with Crippen LogP contribution in [0.2, 0.25) is 5.15 Å². The Morgan fingerprint density at radius 1 is 1.14 bits per heavy atom. The number of hydrogen-bond donors (Lipinski definition) is 5. The zero-order valence-electron chi connectivity index (χ0n) is 19.2. The lowest BCUT2D eigenvalue weighted by molar-refractivity contribution is -0.0204. The van der Waals surface area contributed by atoms with Crippen molar-refractivity contribution in [1.29, 1.82) is 0 Å². The highest BCUT2D eigenvalue weighted by molar-refractivity contribution is 7.70. The molecule has 5 rings (SSSR count). The minimum Gasteiger partial charge on any atom is -0.387 e. The first-order valence-corrected chi connectivity index (χ1v) is 15.2. The van der Waals surface area contributed by atoms with Crippen LogP contribution in [-0.2, 0) is 31.4 Å². The molecule has 37 heavy (non-hydrogen) atoms. The monoisotopic (exact) mass is 574 g/mol. The summed E-state index contributed by atoms with van der Waals surface area (Å²) < 4.78 is 34.9. The number of aliphatic hydroxyl groups is 2. The van der Waals surface area contributed by atoms with E-state index < -0.39 is 52.1 Å². The van der Waals surface area contributed by atoms with Crippen LogP contribution < -0.4 is 4.90 Å². The Morgan fingerprint density at radius 2 is 1.86 bits per heavy atom. The van der Waals surface area contributed by atoms with Crippen LogP contribution in [0.5, 0.6) is 0 Å². The Balaban J connectivity index is 1.38. The van der Waals surface area contributed by atoms with Gasteiger partial charge in [0.05, 0.1) is 24.2 Å². The molecule has 2 aromatic heterocycles. The molecule has 1 saturated heterocycles. The van der Waals surface area contributed by atoms with E-state index in [2.05, 4.69) is 27.1 Å². The molecule has 0 saturated carbocycles. The van der Waals surface area contributed by atoms with Gasteiger partial charge in [-0.1, -0.05) is 35.9 Å². The van der Waals surface area contributed by atoms with E-state index in [0.717, 1.165) is 18.7 Å². The predicted octanol–water partition coefficient (Wildman–Crippen LogP) is 1.44. The largest absolute Gasteiger partial charge is 0.387 e. The van der Waals surface area contributed by atoms with Gasteiger partial charge in [-0.15, -0.1) is 0 Å². The molecule has 0 bridgehead atoms. The van der Waals surface area contributed by atoms with Crippen molar-refractivity contribution >= 4 is 38.1 Å². The lowest BCUT2D eigenvalue weighted by atomic mass is 10.00. The second-order valence-electron chi connectivity index (χ2n) is 9.03. The average molecular weight is 575 g/mol. The summed E-state index contributed by atoms with van der Waals surface area (Å²) in [6.45, 7) is 0.683. The summed E-state index contributed by atoms with van der Waals surface area (Å²) >= 11 is 6.34. The molecule has 3 aromatic rings. The molecule has 5 atom stereocenters. The number of fused-ring (bicyclic) bond motifs is 2. The van der Waals surface area contributed by atoms with Crippen LogP contribution in [0, 0.1) is 0 Å². The number of aromatic nitrogens is 3. The van der Waals surface area contributed by atoms with Crippen LogP contribution in [0.25, 0.3) is 5.65 Å². The van der Waals surface area contributed by atoms with Gasteiger partial charge in [0, 0.05) is 19.2 Å². The molecule has 5 N–H and O–H groups in total. The quantitative estimate of drug-likeness (QED) is 0.256. The van der Waals surface area contributed by atoms with Crippen molar-refractivity contribution < 1.29 is 43.3 Å². The minimum atomic E-state index is -4.82. The molecule has 4 heterocycles. The number of rotatable bonds is 7. The van der Waals surface area contributed by atoms with Crippen LogP contribution >= 0.6 is 26.8 Å². The van der Waals surface area contributed by atoms with Gasteiger partial charge in [-0.2, -0.15) is 5.10 Å². The Morgan fingerprint density at radius 3 is 2.59 bits per heavy atom. The van der Waals surface area contributed by atoms with Gasteiger partial charge in [0.1, 0.15) is 24.4 Å². The lowest BCUT2D eigenvalue weighted by Gasteiger charge is -2.30. The van der Waals surface area contributed by atoms with Crippen molar-refractivity contribution in [2.75, 3.05) is 24.0 Å². The summed E-state index contributed by atoms with van der Waals surface area (Å²) in [4.78, 5) is 34.2. The van der Waals surface area contributed by atoms with E-state index in [0.29, 0.717) is 12.2 Å². The third-order valence-electron chi connectivity index (χ3n) is 6.37. The summed E-state index contributed by atoms with van der Waals surface area (Å²) in [5.74, 6) is -1.38. The van der Waals surface area contributed by atoms with Crippen molar-refractivity contribution in [2.24, 2.45) is 0 Å². The Labute approximate surface area is 215 Å². The maximum Gasteiger partial charge on any atom is 0.340 e. The van der Waals surface area contributed by atoms with E-state index >= 15 is 0 Å². The Kier molecular flexibility index (Phi) is 7.23. The number of anilines is 1. The van der Waals surface area contributed by atoms with E-state index in [1.165, 1.54) is 21.8 Å². The zero-order valence-corrected chi connectivity index (χ0v) is 21.8. The normalized spacial score (nSPS) is 25.8. The van der Waals surface area contributed by atoms with Crippen LogP contribution in [0.3, 0.4) is 0 Å². The first kappa shape index (κ1) is 26.7. The molecule has 16 heteroatoms. The average Bonchev–Trinajstić information content (AvgIpc) is 3.36. The predicted molar refractivity (Wildman–Crippen MR) is 132 cm³/mol. The number of hydrogen-bond acceptors (Lipinski definition) is 9. The molecule has 0 spiro atoms. The van der Waals surface area contributed by atoms with Crippen molar-refractivity contribution in [3.63, 3.8) is 0 Å². The maximum absolute atomic E-state index is 12.0. The molecule has 2 aliphatic rings. The van der Waals surface area contributed by atoms with E-state index in [-0.39, 0.29) is 10.8 Å². The first-order chi connectivity index (χ1) is 17.4. The number of benzene rings is 1. The van der Waals surface area contributed by atoms with Gasteiger partial charge in [-0.3, -0.25) is 9.13 Å². The Hall–Kier alpha value is -1.89. The third kappa shape index (κ3) is 5.62. The molecular formula is C21H25ClN4O9P2. The molecule has 0 radical (unpaired) electrons. The number of halogens is 1.